The zero-order valence-electron chi connectivity index (χ0n) is 19.3. The zero-order valence-corrected chi connectivity index (χ0v) is 19.3. The summed E-state index contributed by atoms with van der Waals surface area (Å²) in [5.41, 5.74) is 3.45. The van der Waals surface area contributed by atoms with Crippen molar-refractivity contribution < 1.29 is 28.9 Å². The number of halogens is 1. The Morgan fingerprint density at radius 3 is 2.24 bits per heavy atom. The van der Waals surface area contributed by atoms with Gasteiger partial charge in [-0.2, -0.15) is 0 Å². The molecule has 0 fully saturated rings. The van der Waals surface area contributed by atoms with Gasteiger partial charge in [-0.1, -0.05) is 45.0 Å². The minimum absolute atomic E-state index is 0.198. The normalized spacial score (nSPS) is 12.3. The number of aliphatic carboxylic acids is 1. The Hall–Kier alpha value is -3.38. The lowest BCUT2D eigenvalue weighted by Gasteiger charge is -2.24. The highest BCUT2D eigenvalue weighted by molar-refractivity contribution is 5.71. The molecule has 0 saturated carbocycles. The van der Waals surface area contributed by atoms with Crippen molar-refractivity contribution in [3.63, 3.8) is 0 Å². The van der Waals surface area contributed by atoms with Crippen molar-refractivity contribution in [3.8, 4) is 22.6 Å². The number of ether oxygens (including phenoxy) is 2. The van der Waals surface area contributed by atoms with Gasteiger partial charge in [-0.3, -0.25) is 4.79 Å². The lowest BCUT2D eigenvalue weighted by Crippen LogP contribution is -2.13. The van der Waals surface area contributed by atoms with Crippen molar-refractivity contribution in [1.29, 1.82) is 0 Å². The summed E-state index contributed by atoms with van der Waals surface area (Å²) < 4.78 is 26.0. The van der Waals surface area contributed by atoms with Crippen molar-refractivity contribution >= 4 is 5.97 Å². The molecule has 6 heteroatoms. The summed E-state index contributed by atoms with van der Waals surface area (Å²) in [6, 6.07) is 17.3. The number of rotatable bonds is 8. The van der Waals surface area contributed by atoms with E-state index in [0.717, 1.165) is 16.7 Å². The largest absolute Gasteiger partial charge is 0.497 e. The fourth-order valence-electron chi connectivity index (χ4n) is 3.63. The molecule has 3 aromatic rings. The molecule has 0 spiro atoms. The molecule has 3 rings (SSSR count). The van der Waals surface area contributed by atoms with Crippen LogP contribution in [0, 0.1) is 5.82 Å². The maximum atomic E-state index is 14.8. The quantitative estimate of drug-likeness (QED) is 0.446. The molecule has 5 nitrogen and oxygen atoms in total. The molecular formula is C27H29FO5. The third-order valence-electron chi connectivity index (χ3n) is 5.39. The minimum atomic E-state index is -1.07. The van der Waals surface area contributed by atoms with Gasteiger partial charge >= 0.3 is 5.97 Å². The van der Waals surface area contributed by atoms with E-state index in [9.17, 15) is 14.3 Å². The van der Waals surface area contributed by atoms with Crippen molar-refractivity contribution in [2.24, 2.45) is 0 Å². The van der Waals surface area contributed by atoms with E-state index in [1.54, 1.807) is 43.5 Å². The van der Waals surface area contributed by atoms with Gasteiger partial charge in [0, 0.05) is 5.56 Å². The molecule has 0 saturated heterocycles. The molecule has 2 N–H and O–H groups in total. The van der Waals surface area contributed by atoms with E-state index >= 15 is 0 Å². The first-order chi connectivity index (χ1) is 15.6. The Bertz CT molecular complexity index is 1120. The number of benzene rings is 3. The molecule has 0 aromatic heterocycles. The second-order valence-electron chi connectivity index (χ2n) is 8.95. The van der Waals surface area contributed by atoms with Crippen molar-refractivity contribution in [2.45, 2.75) is 45.3 Å². The molecule has 0 unspecified atom stereocenters. The third kappa shape index (κ3) is 6.11. The average molecular weight is 453 g/mol. The first kappa shape index (κ1) is 24.3. The Morgan fingerprint density at radius 2 is 1.64 bits per heavy atom. The predicted molar refractivity (Wildman–Crippen MR) is 125 cm³/mol. The predicted octanol–water partition coefficient (Wildman–Crippen LogP) is 5.89. The van der Waals surface area contributed by atoms with Crippen LogP contribution in [0.3, 0.4) is 0 Å². The van der Waals surface area contributed by atoms with E-state index in [1.807, 2.05) is 18.2 Å². The fraction of sp³-hybridized carbons (Fsp3) is 0.296. The maximum Gasteiger partial charge on any atom is 0.306 e. The topological polar surface area (TPSA) is 76.0 Å². The van der Waals surface area contributed by atoms with E-state index in [1.165, 1.54) is 6.07 Å². The van der Waals surface area contributed by atoms with E-state index in [0.29, 0.717) is 22.6 Å². The molecule has 33 heavy (non-hydrogen) atoms. The van der Waals surface area contributed by atoms with E-state index in [-0.39, 0.29) is 24.3 Å². The van der Waals surface area contributed by atoms with Crippen LogP contribution in [0.2, 0.25) is 0 Å². The number of aliphatic hydroxyl groups is 1. The molecule has 0 heterocycles. The molecular weight excluding hydrogens is 423 g/mol. The fourth-order valence-corrected chi connectivity index (χ4v) is 3.63. The molecule has 0 aliphatic carbocycles. The Morgan fingerprint density at radius 1 is 0.970 bits per heavy atom. The van der Waals surface area contributed by atoms with Gasteiger partial charge in [0.05, 0.1) is 19.6 Å². The summed E-state index contributed by atoms with van der Waals surface area (Å²) in [7, 11) is 1.55. The minimum Gasteiger partial charge on any atom is -0.497 e. The van der Waals surface area contributed by atoms with E-state index in [2.05, 4.69) is 20.8 Å². The van der Waals surface area contributed by atoms with Crippen molar-refractivity contribution in [1.82, 2.24) is 0 Å². The highest BCUT2D eigenvalue weighted by Crippen LogP contribution is 2.36. The summed E-state index contributed by atoms with van der Waals surface area (Å²) in [5, 5.41) is 18.7. The van der Waals surface area contributed by atoms with Crippen LogP contribution in [0.1, 0.15) is 50.0 Å². The van der Waals surface area contributed by atoms with Crippen LogP contribution in [0.25, 0.3) is 11.1 Å². The zero-order chi connectivity index (χ0) is 24.2. The van der Waals surface area contributed by atoms with Crippen LogP contribution in [-0.4, -0.2) is 23.3 Å². The van der Waals surface area contributed by atoms with Crippen molar-refractivity contribution in [2.75, 3.05) is 7.11 Å². The molecule has 1 atom stereocenters. The number of methoxy groups -OCH3 is 1. The molecule has 0 aliphatic rings. The van der Waals surface area contributed by atoms with Gasteiger partial charge in [0.15, 0.2) is 0 Å². The summed E-state index contributed by atoms with van der Waals surface area (Å²) in [5.74, 6) is -0.229. The molecule has 0 amide bonds. The first-order valence-corrected chi connectivity index (χ1v) is 10.7. The van der Waals surface area contributed by atoms with E-state index < -0.39 is 12.1 Å². The SMILES string of the molecule is COc1ccc(F)c(-c2cc(COc3ccc([C@@H](O)CC(=O)O)cc3)ccc2C(C)(C)C)c1. The number of carboxylic acids is 1. The second kappa shape index (κ2) is 10.0. The molecule has 0 aliphatic heterocycles. The summed E-state index contributed by atoms with van der Waals surface area (Å²) in [6.07, 6.45) is -1.42. The van der Waals surface area contributed by atoms with Crippen LogP contribution >= 0.6 is 0 Å². The Kier molecular flexibility index (Phi) is 7.39. The summed E-state index contributed by atoms with van der Waals surface area (Å²) in [6.45, 7) is 6.52. The molecule has 0 bridgehead atoms. The van der Waals surface area contributed by atoms with Gasteiger partial charge in [0.2, 0.25) is 0 Å². The lowest BCUT2D eigenvalue weighted by atomic mass is 9.81. The van der Waals surface area contributed by atoms with Gasteiger partial charge in [-0.25, -0.2) is 4.39 Å². The highest BCUT2D eigenvalue weighted by Gasteiger charge is 2.21. The van der Waals surface area contributed by atoms with Crippen molar-refractivity contribution in [3.05, 3.63) is 83.2 Å². The maximum absolute atomic E-state index is 14.8. The average Bonchev–Trinajstić information content (AvgIpc) is 2.77. The summed E-state index contributed by atoms with van der Waals surface area (Å²) in [4.78, 5) is 10.8. The number of hydrogen-bond donors (Lipinski definition) is 2. The molecule has 3 aromatic carbocycles. The van der Waals surface area contributed by atoms with Crippen LogP contribution in [0.5, 0.6) is 11.5 Å². The Balaban J connectivity index is 1.85. The monoisotopic (exact) mass is 452 g/mol. The van der Waals surface area contributed by atoms with Crippen LogP contribution in [-0.2, 0) is 16.8 Å². The van der Waals surface area contributed by atoms with Gasteiger partial charge in [-0.05, 0) is 64.1 Å². The first-order valence-electron chi connectivity index (χ1n) is 10.7. The highest BCUT2D eigenvalue weighted by atomic mass is 19.1. The molecule has 0 radical (unpaired) electrons. The van der Waals surface area contributed by atoms with Gasteiger partial charge in [-0.15, -0.1) is 0 Å². The van der Waals surface area contributed by atoms with Gasteiger partial charge in [0.1, 0.15) is 23.9 Å². The summed E-state index contributed by atoms with van der Waals surface area (Å²) >= 11 is 0. The standard InChI is InChI=1S/C27H29FO5/c1-27(2,3)23-11-5-17(13-21(23)22-14-20(32-4)10-12-24(22)28)16-33-19-8-6-18(7-9-19)25(29)15-26(30)31/h5-14,25,29H,15-16H2,1-4H3,(H,30,31)/t25-/m0/s1. The van der Waals surface area contributed by atoms with Gasteiger partial charge in [0.25, 0.3) is 0 Å². The van der Waals surface area contributed by atoms with Crippen LogP contribution < -0.4 is 9.47 Å². The number of carboxylic acid groups (broad SMARTS) is 1. The van der Waals surface area contributed by atoms with Gasteiger partial charge < -0.3 is 19.7 Å². The number of carbonyl (C=O) groups is 1. The van der Waals surface area contributed by atoms with Crippen LogP contribution in [0.15, 0.2) is 60.7 Å². The Labute approximate surface area is 193 Å². The van der Waals surface area contributed by atoms with E-state index in [4.69, 9.17) is 14.6 Å². The smallest absolute Gasteiger partial charge is 0.306 e. The molecule has 174 valence electrons. The second-order valence-corrected chi connectivity index (χ2v) is 8.95. The van der Waals surface area contributed by atoms with Crippen LogP contribution in [0.4, 0.5) is 4.39 Å². The third-order valence-corrected chi connectivity index (χ3v) is 5.39. The lowest BCUT2D eigenvalue weighted by molar-refractivity contribution is -0.139. The number of hydrogen-bond acceptors (Lipinski definition) is 4. The number of aliphatic hydroxyl groups excluding tert-OH is 1.